The van der Waals surface area contributed by atoms with E-state index in [0.29, 0.717) is 5.75 Å². The molecule has 0 bridgehead atoms. The van der Waals surface area contributed by atoms with Gasteiger partial charge in [-0.15, -0.1) is 23.8 Å². The van der Waals surface area contributed by atoms with E-state index in [-0.39, 0.29) is 21.1 Å². The zero-order valence-electron chi connectivity index (χ0n) is 26.7. The summed E-state index contributed by atoms with van der Waals surface area (Å²) in [4.78, 5) is 4.70. The van der Waals surface area contributed by atoms with Crippen LogP contribution in [0.15, 0.2) is 164 Å². The number of aromatic hydroxyl groups is 1. The summed E-state index contributed by atoms with van der Waals surface area (Å²) in [5.41, 5.74) is 9.24. The fourth-order valence-corrected chi connectivity index (χ4v) is 6.20. The summed E-state index contributed by atoms with van der Waals surface area (Å²) in [6.45, 7) is 2.14. The molecule has 4 heteroatoms. The molecule has 2 aromatic heterocycles. The molecule has 0 aliphatic carbocycles. The van der Waals surface area contributed by atoms with Gasteiger partial charge in [-0.25, -0.2) is 4.57 Å². The predicted molar refractivity (Wildman–Crippen MR) is 194 cm³/mol. The van der Waals surface area contributed by atoms with Gasteiger partial charge >= 0.3 is 0 Å². The molecule has 2 heterocycles. The smallest absolute Gasteiger partial charge is 0.162 e. The van der Waals surface area contributed by atoms with Crippen LogP contribution in [0, 0.1) is 13.0 Å². The molecular weight excluding hydrogens is 768 g/mol. The third kappa shape index (κ3) is 6.69. The van der Waals surface area contributed by atoms with E-state index in [0.717, 1.165) is 44.5 Å². The summed E-state index contributed by atoms with van der Waals surface area (Å²) >= 11 is 0. The fourth-order valence-electron chi connectivity index (χ4n) is 6.20. The van der Waals surface area contributed by atoms with Crippen molar-refractivity contribution in [3.8, 4) is 50.5 Å². The molecule has 0 unspecified atom stereocenters. The Morgan fingerprint density at radius 3 is 1.77 bits per heavy atom. The monoisotopic (exact) mass is 801 g/mol. The van der Waals surface area contributed by atoms with E-state index in [1.54, 1.807) is 0 Å². The van der Waals surface area contributed by atoms with Gasteiger partial charge in [0.15, 0.2) is 11.9 Å². The fraction of sp³-hybridized carbons (Fsp3) is 0.0455. The maximum absolute atomic E-state index is 10.5. The number of phenolic OH excluding ortho intramolecular Hbond substituents is 1. The second kappa shape index (κ2) is 14.6. The summed E-state index contributed by atoms with van der Waals surface area (Å²) in [5, 5.41) is 15.3. The second-order valence-electron chi connectivity index (χ2n) is 11.7. The summed E-state index contributed by atoms with van der Waals surface area (Å²) in [6.07, 6.45) is 4.00. The number of hydrogen-bond acceptors (Lipinski definition) is 2. The maximum atomic E-state index is 10.5. The quantitative estimate of drug-likeness (QED) is 0.142. The minimum absolute atomic E-state index is 0. The summed E-state index contributed by atoms with van der Waals surface area (Å²) < 4.78 is 2.17. The molecule has 8 rings (SSSR count). The molecule has 0 saturated carbocycles. The van der Waals surface area contributed by atoms with Gasteiger partial charge in [0.1, 0.15) is 12.8 Å². The minimum Gasteiger partial charge on any atom is -0.507 e. The van der Waals surface area contributed by atoms with Crippen molar-refractivity contribution in [1.82, 2.24) is 4.98 Å². The number of para-hydroxylation sites is 1. The van der Waals surface area contributed by atoms with Gasteiger partial charge in [0.25, 0.3) is 0 Å². The number of benzene rings is 6. The molecule has 3 nitrogen and oxygen atoms in total. The molecule has 0 amide bonds. The molecule has 236 valence electrons. The first-order valence-electron chi connectivity index (χ1n) is 15.8. The third-order valence-corrected chi connectivity index (χ3v) is 8.45. The van der Waals surface area contributed by atoms with Crippen molar-refractivity contribution in [2.45, 2.75) is 6.92 Å². The van der Waals surface area contributed by atoms with Gasteiger partial charge in [0, 0.05) is 55.5 Å². The number of rotatable bonds is 4. The molecule has 48 heavy (non-hydrogen) atoms. The molecule has 0 atom stereocenters. The Labute approximate surface area is 296 Å². The van der Waals surface area contributed by atoms with E-state index in [1.165, 1.54) is 27.4 Å². The van der Waals surface area contributed by atoms with Crippen molar-refractivity contribution in [2.75, 3.05) is 0 Å². The van der Waals surface area contributed by atoms with E-state index in [9.17, 15) is 5.11 Å². The normalized spacial score (nSPS) is 10.6. The van der Waals surface area contributed by atoms with Gasteiger partial charge in [-0.1, -0.05) is 145 Å². The molecule has 1 N–H and O–H groups in total. The Morgan fingerprint density at radius 2 is 1.12 bits per heavy atom. The summed E-state index contributed by atoms with van der Waals surface area (Å²) in [5.74, 6) is 0.333. The number of pyridine rings is 2. The largest absolute Gasteiger partial charge is 0.507 e. The number of fused-ring (bicyclic) bond motifs is 2. The van der Waals surface area contributed by atoms with Crippen LogP contribution >= 0.6 is 0 Å². The van der Waals surface area contributed by atoms with E-state index < -0.39 is 0 Å². The molecule has 0 saturated heterocycles. The van der Waals surface area contributed by atoms with Gasteiger partial charge in [-0.3, -0.25) is 4.98 Å². The van der Waals surface area contributed by atoms with Crippen LogP contribution in [0.4, 0.5) is 0 Å². The van der Waals surface area contributed by atoms with Crippen LogP contribution in [0.5, 0.6) is 5.75 Å². The topological polar surface area (TPSA) is 37.0 Å². The summed E-state index contributed by atoms with van der Waals surface area (Å²) in [7, 11) is 2.09. The zero-order valence-corrected chi connectivity index (χ0v) is 29.0. The van der Waals surface area contributed by atoms with Gasteiger partial charge in [0.2, 0.25) is 0 Å². The predicted octanol–water partition coefficient (Wildman–Crippen LogP) is 10.4. The van der Waals surface area contributed by atoms with Crippen molar-refractivity contribution < 1.29 is 30.7 Å². The van der Waals surface area contributed by atoms with Gasteiger partial charge in [-0.05, 0) is 33.4 Å². The van der Waals surface area contributed by atoms with Crippen LogP contribution in [0.2, 0.25) is 0 Å². The molecule has 0 radical (unpaired) electrons. The number of aryl methyl sites for hydroxylation is 2. The van der Waals surface area contributed by atoms with Gasteiger partial charge in [0.05, 0.1) is 0 Å². The Morgan fingerprint density at radius 1 is 0.583 bits per heavy atom. The summed E-state index contributed by atoms with van der Waals surface area (Å²) in [6, 6.07) is 54.9. The van der Waals surface area contributed by atoms with E-state index in [1.807, 2.05) is 85.1 Å². The first kappa shape index (κ1) is 32.6. The molecule has 0 fully saturated rings. The first-order valence-corrected chi connectivity index (χ1v) is 15.8. The maximum Gasteiger partial charge on any atom is 0.162 e. The van der Waals surface area contributed by atoms with Crippen LogP contribution in [-0.2, 0) is 28.1 Å². The van der Waals surface area contributed by atoms with Gasteiger partial charge < -0.3 is 5.11 Å². The number of aromatic nitrogens is 2. The number of nitrogens with zero attached hydrogens (tertiary/aromatic N) is 2. The van der Waals surface area contributed by atoms with Crippen LogP contribution in [0.3, 0.4) is 0 Å². The van der Waals surface area contributed by atoms with Crippen LogP contribution in [0.1, 0.15) is 5.56 Å². The Bertz CT molecular complexity index is 2270. The Kier molecular flexibility index (Phi) is 9.90. The van der Waals surface area contributed by atoms with Crippen molar-refractivity contribution >= 4 is 21.5 Å². The SMILES string of the molecule is Cc1cc(-c2nccc3ccccc23)[c-]c(-c2c3ccccc3cc[n+]2C)c1.Oc1c(-c2ccccc2)cccc1-c1ccccc1.[Pt]. The van der Waals surface area contributed by atoms with E-state index >= 15 is 0 Å². The zero-order chi connectivity index (χ0) is 32.2. The Hall–Kier alpha value is -5.37. The average Bonchev–Trinajstić information content (AvgIpc) is 3.12. The van der Waals surface area contributed by atoms with E-state index in [4.69, 9.17) is 4.98 Å². The first-order chi connectivity index (χ1) is 23.1. The molecule has 0 spiro atoms. The van der Waals surface area contributed by atoms with Crippen molar-refractivity contribution in [3.63, 3.8) is 0 Å². The minimum atomic E-state index is 0. The second-order valence-corrected chi connectivity index (χ2v) is 11.7. The van der Waals surface area contributed by atoms with Crippen LogP contribution < -0.4 is 4.57 Å². The van der Waals surface area contributed by atoms with Crippen LogP contribution in [0.25, 0.3) is 66.3 Å². The Balaban J connectivity index is 0.000000176. The number of hydrogen-bond donors (Lipinski definition) is 1. The molecule has 8 aromatic rings. The van der Waals surface area contributed by atoms with Crippen molar-refractivity contribution in [3.05, 3.63) is 176 Å². The van der Waals surface area contributed by atoms with Crippen molar-refractivity contribution in [2.24, 2.45) is 7.05 Å². The molecular formula is C44H34N2OPt. The molecule has 0 aliphatic heterocycles. The van der Waals surface area contributed by atoms with E-state index in [2.05, 4.69) is 104 Å². The third-order valence-electron chi connectivity index (χ3n) is 8.45. The van der Waals surface area contributed by atoms with Crippen LogP contribution in [-0.4, -0.2) is 10.1 Å². The molecule has 6 aromatic carbocycles. The number of phenols is 1. The average molecular weight is 802 g/mol. The molecule has 0 aliphatic rings. The van der Waals surface area contributed by atoms with Crippen molar-refractivity contribution in [1.29, 1.82) is 0 Å². The van der Waals surface area contributed by atoms with Gasteiger partial charge in [-0.2, -0.15) is 0 Å². The standard InChI is InChI=1S/C26H20N2.C18H14O.Pt/c1-18-15-21(25-23-9-5-3-7-19(23)11-13-27-25)17-22(16-18)26-24-10-6-4-8-20(24)12-14-28(26)2;19-18-16(14-8-3-1-4-9-14)12-7-13-17(18)15-10-5-2-6-11-15;/h3-16H,1-2H3;1-13,19H;.